The average Bonchev–Trinajstić information content (AvgIpc) is 2.81. The number of rotatable bonds is 5. The number of aromatic nitrogens is 2. The van der Waals surface area contributed by atoms with E-state index in [1.54, 1.807) is 6.92 Å². The van der Waals surface area contributed by atoms with Crippen molar-refractivity contribution in [3.8, 4) is 0 Å². The first-order chi connectivity index (χ1) is 9.92. The summed E-state index contributed by atoms with van der Waals surface area (Å²) >= 11 is 0. The summed E-state index contributed by atoms with van der Waals surface area (Å²) in [7, 11) is -1.02. The smallest absolute Gasteiger partial charge is 0.390 e. The van der Waals surface area contributed by atoms with Crippen molar-refractivity contribution >= 4 is 8.25 Å². The maximum absolute atomic E-state index is 11.8. The highest BCUT2D eigenvalue weighted by Gasteiger charge is 2.38. The van der Waals surface area contributed by atoms with Crippen LogP contribution >= 0.6 is 8.25 Å². The number of hydrogen-bond donors (Lipinski definition) is 2. The van der Waals surface area contributed by atoms with Crippen LogP contribution in [0.3, 0.4) is 0 Å². The normalized spacial score (nSPS) is 26.0. The summed E-state index contributed by atoms with van der Waals surface area (Å²) in [6.45, 7) is 1.43. The molecule has 1 aromatic rings. The third-order valence-electron chi connectivity index (χ3n) is 3.15. The van der Waals surface area contributed by atoms with Crippen molar-refractivity contribution < 1.29 is 23.5 Å². The Morgan fingerprint density at radius 2 is 2.29 bits per heavy atom. The standard InChI is InChI=1S/C11H15N2O7P/c1-6-4-13(11(16)12-10(6)15)9-3-7(14)8(20-9)5-19-21(17)18-2/h4,7-9,14H,3,5H2,1-2H3/p+1/t7-,8-,9-/m0/s1. The Bertz CT molecular complexity index is 640. The molecule has 0 aliphatic carbocycles. The number of aliphatic hydroxyl groups is 1. The Morgan fingerprint density at radius 3 is 2.95 bits per heavy atom. The molecule has 10 heteroatoms. The maximum Gasteiger partial charge on any atom is 0.697 e. The number of hydrogen-bond acceptors (Lipinski definition) is 7. The molecule has 1 aromatic heterocycles. The van der Waals surface area contributed by atoms with Crippen molar-refractivity contribution in [3.63, 3.8) is 0 Å². The lowest BCUT2D eigenvalue weighted by molar-refractivity contribution is -0.0416. The lowest BCUT2D eigenvalue weighted by atomic mass is 10.2. The summed E-state index contributed by atoms with van der Waals surface area (Å²) in [4.78, 5) is 25.2. The van der Waals surface area contributed by atoms with Crippen LogP contribution in [0.5, 0.6) is 0 Å². The first kappa shape index (κ1) is 16.0. The monoisotopic (exact) mass is 319 g/mol. The van der Waals surface area contributed by atoms with Gasteiger partial charge in [-0.05, 0) is 6.92 Å². The molecule has 4 atom stereocenters. The van der Waals surface area contributed by atoms with E-state index in [9.17, 15) is 19.3 Å². The molecule has 0 radical (unpaired) electrons. The molecule has 0 amide bonds. The van der Waals surface area contributed by atoms with Crippen molar-refractivity contribution in [2.45, 2.75) is 31.8 Å². The van der Waals surface area contributed by atoms with E-state index < -0.39 is 37.9 Å². The van der Waals surface area contributed by atoms with Crippen molar-refractivity contribution in [2.75, 3.05) is 13.7 Å². The van der Waals surface area contributed by atoms with Gasteiger partial charge in [-0.3, -0.25) is 14.3 Å². The number of aromatic amines is 1. The minimum atomic E-state index is -2.25. The largest absolute Gasteiger partial charge is 0.697 e. The third kappa shape index (κ3) is 3.63. The molecule has 0 spiro atoms. The molecule has 1 fully saturated rings. The van der Waals surface area contributed by atoms with E-state index in [4.69, 9.17) is 9.26 Å². The van der Waals surface area contributed by atoms with Crippen LogP contribution in [-0.2, 0) is 18.3 Å². The minimum absolute atomic E-state index is 0.127. The molecule has 0 saturated carbocycles. The Morgan fingerprint density at radius 1 is 1.57 bits per heavy atom. The van der Waals surface area contributed by atoms with Gasteiger partial charge in [-0.25, -0.2) is 4.79 Å². The van der Waals surface area contributed by atoms with E-state index in [2.05, 4.69) is 9.51 Å². The van der Waals surface area contributed by atoms with E-state index in [-0.39, 0.29) is 13.0 Å². The Labute approximate surface area is 120 Å². The van der Waals surface area contributed by atoms with Gasteiger partial charge in [0.1, 0.15) is 18.9 Å². The van der Waals surface area contributed by atoms with Crippen LogP contribution in [0, 0.1) is 6.92 Å². The minimum Gasteiger partial charge on any atom is -0.390 e. The molecule has 9 nitrogen and oxygen atoms in total. The van der Waals surface area contributed by atoms with E-state index in [1.807, 2.05) is 0 Å². The average molecular weight is 319 g/mol. The fourth-order valence-corrected chi connectivity index (χ4v) is 2.40. The molecule has 116 valence electrons. The summed E-state index contributed by atoms with van der Waals surface area (Å²) in [6.07, 6.45) is -0.810. The Hall–Kier alpha value is -1.38. The van der Waals surface area contributed by atoms with Gasteiger partial charge in [0.2, 0.25) is 0 Å². The predicted molar refractivity (Wildman–Crippen MR) is 71.2 cm³/mol. The first-order valence-corrected chi connectivity index (χ1v) is 7.31. The van der Waals surface area contributed by atoms with Gasteiger partial charge in [0.25, 0.3) is 5.56 Å². The van der Waals surface area contributed by atoms with Gasteiger partial charge in [-0.15, -0.1) is 9.05 Å². The summed E-state index contributed by atoms with van der Waals surface area (Å²) < 4.78 is 27.1. The van der Waals surface area contributed by atoms with Gasteiger partial charge >= 0.3 is 13.9 Å². The Balaban J connectivity index is 2.10. The molecule has 21 heavy (non-hydrogen) atoms. The van der Waals surface area contributed by atoms with Gasteiger partial charge < -0.3 is 9.84 Å². The van der Waals surface area contributed by atoms with Crippen molar-refractivity contribution in [1.82, 2.24) is 9.55 Å². The second-order valence-corrected chi connectivity index (χ2v) is 5.68. The van der Waals surface area contributed by atoms with E-state index in [1.165, 1.54) is 17.9 Å². The van der Waals surface area contributed by atoms with Crippen molar-refractivity contribution in [3.05, 3.63) is 32.6 Å². The van der Waals surface area contributed by atoms with Crippen LogP contribution < -0.4 is 11.2 Å². The molecule has 2 rings (SSSR count). The third-order valence-corrected chi connectivity index (χ3v) is 3.81. The second kappa shape index (κ2) is 6.59. The van der Waals surface area contributed by atoms with Crippen molar-refractivity contribution in [2.24, 2.45) is 0 Å². The molecule has 2 N–H and O–H groups in total. The SMILES string of the molecule is CO[P+](=O)OC[C@@H]1O[C@H](n2cc(C)c(=O)[nH]c2=O)C[C@@H]1O. The van der Waals surface area contributed by atoms with Crippen LogP contribution in [0.15, 0.2) is 15.8 Å². The predicted octanol–water partition coefficient (Wildman–Crippen LogP) is -0.186. The molecular weight excluding hydrogens is 303 g/mol. The summed E-state index contributed by atoms with van der Waals surface area (Å²) in [5.74, 6) is 0. The summed E-state index contributed by atoms with van der Waals surface area (Å²) in [6, 6.07) is 0. The Kier molecular flexibility index (Phi) is 5.02. The number of aliphatic hydroxyl groups excluding tert-OH is 1. The highest BCUT2D eigenvalue weighted by molar-refractivity contribution is 7.33. The zero-order valence-corrected chi connectivity index (χ0v) is 12.4. The number of H-pyrrole nitrogens is 1. The number of nitrogens with zero attached hydrogens (tertiary/aromatic N) is 1. The number of nitrogens with one attached hydrogen (secondary N) is 1. The lowest BCUT2D eigenvalue weighted by Crippen LogP contribution is -2.33. The van der Waals surface area contributed by atoms with Gasteiger partial charge in [-0.2, -0.15) is 0 Å². The topological polar surface area (TPSA) is 120 Å². The van der Waals surface area contributed by atoms with Gasteiger partial charge in [0, 0.05) is 22.7 Å². The summed E-state index contributed by atoms with van der Waals surface area (Å²) in [5, 5.41) is 9.89. The van der Waals surface area contributed by atoms with E-state index in [0.29, 0.717) is 5.56 Å². The fraction of sp³-hybridized carbons (Fsp3) is 0.636. The zero-order valence-electron chi connectivity index (χ0n) is 11.5. The van der Waals surface area contributed by atoms with Crippen LogP contribution in [0.2, 0.25) is 0 Å². The zero-order chi connectivity index (χ0) is 15.6. The highest BCUT2D eigenvalue weighted by Crippen LogP contribution is 2.30. The van der Waals surface area contributed by atoms with E-state index >= 15 is 0 Å². The quantitative estimate of drug-likeness (QED) is 0.722. The van der Waals surface area contributed by atoms with Crippen LogP contribution in [0.4, 0.5) is 0 Å². The maximum atomic E-state index is 11.8. The molecule has 0 bridgehead atoms. The van der Waals surface area contributed by atoms with Gasteiger partial charge in [0.05, 0.1) is 13.2 Å². The van der Waals surface area contributed by atoms with Gasteiger partial charge in [0.15, 0.2) is 0 Å². The summed E-state index contributed by atoms with van der Waals surface area (Å²) in [5.41, 5.74) is -0.728. The van der Waals surface area contributed by atoms with E-state index in [0.717, 1.165) is 0 Å². The molecule has 2 heterocycles. The molecular formula is C11H16N2O7P+. The lowest BCUT2D eigenvalue weighted by Gasteiger charge is -2.14. The molecule has 1 aliphatic rings. The fourth-order valence-electron chi connectivity index (χ4n) is 2.02. The van der Waals surface area contributed by atoms with Gasteiger partial charge in [-0.1, -0.05) is 0 Å². The van der Waals surface area contributed by atoms with Crippen LogP contribution in [0.25, 0.3) is 0 Å². The number of aryl methyl sites for hydroxylation is 1. The second-order valence-electron chi connectivity index (χ2n) is 4.61. The first-order valence-electron chi connectivity index (χ1n) is 6.22. The molecule has 1 saturated heterocycles. The molecule has 1 unspecified atom stereocenters. The van der Waals surface area contributed by atoms with Crippen LogP contribution in [0.1, 0.15) is 18.2 Å². The highest BCUT2D eigenvalue weighted by atomic mass is 31.1. The van der Waals surface area contributed by atoms with Crippen molar-refractivity contribution in [1.29, 1.82) is 0 Å². The molecule has 1 aliphatic heterocycles. The van der Waals surface area contributed by atoms with Crippen LogP contribution in [-0.4, -0.2) is 40.6 Å². The molecule has 0 aromatic carbocycles. The number of ether oxygens (including phenoxy) is 1.